The van der Waals surface area contributed by atoms with Crippen LogP contribution in [0.3, 0.4) is 0 Å². The summed E-state index contributed by atoms with van der Waals surface area (Å²) >= 11 is 0. The van der Waals surface area contributed by atoms with E-state index < -0.39 is 0 Å². The molecule has 0 atom stereocenters. The van der Waals surface area contributed by atoms with Gasteiger partial charge >= 0.3 is 0 Å². The third-order valence-electron chi connectivity index (χ3n) is 3.96. The fourth-order valence-electron chi connectivity index (χ4n) is 2.69. The monoisotopic (exact) mass is 270 g/mol. The highest BCUT2D eigenvalue weighted by Crippen LogP contribution is 2.21. The minimum Gasteiger partial charge on any atom is -0.378 e. The topological polar surface area (TPSA) is 33.1 Å². The first-order valence-corrected chi connectivity index (χ1v) is 7.38. The molecule has 1 aromatic heterocycles. The van der Waals surface area contributed by atoms with Crippen LogP contribution in [0.1, 0.15) is 25.1 Å². The van der Waals surface area contributed by atoms with Gasteiger partial charge in [-0.25, -0.2) is 4.98 Å². The summed E-state index contributed by atoms with van der Waals surface area (Å²) in [5.74, 6) is 1.05. The number of rotatable bonds is 4. The van der Waals surface area contributed by atoms with Crippen molar-refractivity contribution in [1.29, 1.82) is 0 Å². The Morgan fingerprint density at radius 3 is 2.50 bits per heavy atom. The second-order valence-corrected chi connectivity index (χ2v) is 5.40. The van der Waals surface area contributed by atoms with Gasteiger partial charge < -0.3 is 14.8 Å². The fourth-order valence-corrected chi connectivity index (χ4v) is 2.69. The summed E-state index contributed by atoms with van der Waals surface area (Å²) in [7, 11) is 2.02. The average Bonchev–Trinajstić information content (AvgIpc) is 2.92. The van der Waals surface area contributed by atoms with E-state index in [0.717, 1.165) is 18.1 Å². The smallest absolute Gasteiger partial charge is 0.127 e. The van der Waals surface area contributed by atoms with Gasteiger partial charge in [-0.15, -0.1) is 0 Å². The number of aryl methyl sites for hydroxylation is 1. The Labute approximate surface area is 120 Å². The zero-order valence-corrected chi connectivity index (χ0v) is 12.0. The van der Waals surface area contributed by atoms with Crippen molar-refractivity contribution in [2.75, 3.05) is 23.3 Å². The highest BCUT2D eigenvalue weighted by Gasteiger charge is 2.10. The van der Waals surface area contributed by atoms with E-state index in [-0.39, 0.29) is 0 Å². The normalized spacial score (nSPS) is 15.3. The van der Waals surface area contributed by atoms with E-state index in [4.69, 9.17) is 0 Å². The van der Waals surface area contributed by atoms with Crippen molar-refractivity contribution in [3.8, 4) is 0 Å². The van der Waals surface area contributed by atoms with Crippen LogP contribution in [0.15, 0.2) is 36.7 Å². The first kappa shape index (κ1) is 13.0. The maximum Gasteiger partial charge on any atom is 0.127 e. The zero-order chi connectivity index (χ0) is 13.8. The number of nitrogens with one attached hydrogen (secondary N) is 1. The summed E-state index contributed by atoms with van der Waals surface area (Å²) in [5.41, 5.74) is 2.49. The third kappa shape index (κ3) is 2.95. The molecule has 3 rings (SSSR count). The molecule has 0 aliphatic carbocycles. The highest BCUT2D eigenvalue weighted by molar-refractivity contribution is 5.55. The zero-order valence-electron chi connectivity index (χ0n) is 12.0. The number of aromatic nitrogens is 2. The molecule has 1 aromatic carbocycles. The number of hydrogen-bond donors (Lipinski definition) is 1. The maximum atomic E-state index is 4.31. The van der Waals surface area contributed by atoms with Crippen molar-refractivity contribution in [2.45, 2.75) is 25.8 Å². The van der Waals surface area contributed by atoms with E-state index in [1.54, 1.807) is 0 Å². The lowest BCUT2D eigenvalue weighted by atomic mass is 10.1. The second kappa shape index (κ2) is 5.99. The van der Waals surface area contributed by atoms with Crippen molar-refractivity contribution >= 4 is 11.4 Å². The number of benzene rings is 1. The van der Waals surface area contributed by atoms with Gasteiger partial charge in [0.25, 0.3) is 0 Å². The summed E-state index contributed by atoms with van der Waals surface area (Å²) in [6.07, 6.45) is 7.81. The van der Waals surface area contributed by atoms with Gasteiger partial charge in [0.2, 0.25) is 0 Å². The van der Waals surface area contributed by atoms with Crippen LogP contribution in [0.2, 0.25) is 0 Å². The number of anilines is 2. The summed E-state index contributed by atoms with van der Waals surface area (Å²) in [6, 6.07) is 8.75. The maximum absolute atomic E-state index is 4.31. The van der Waals surface area contributed by atoms with Crippen molar-refractivity contribution in [1.82, 2.24) is 9.55 Å². The minimum atomic E-state index is 0.757. The summed E-state index contributed by atoms with van der Waals surface area (Å²) in [5, 5.41) is 3.42. The van der Waals surface area contributed by atoms with Gasteiger partial charge in [-0.05, 0) is 43.5 Å². The average molecular weight is 270 g/mol. The number of hydrogen-bond acceptors (Lipinski definition) is 3. The van der Waals surface area contributed by atoms with E-state index in [1.165, 1.54) is 38.0 Å². The van der Waals surface area contributed by atoms with E-state index in [1.807, 2.05) is 24.0 Å². The Kier molecular flexibility index (Phi) is 3.90. The molecule has 106 valence electrons. The summed E-state index contributed by atoms with van der Waals surface area (Å²) < 4.78 is 2.04. The molecule has 4 heteroatoms. The van der Waals surface area contributed by atoms with Crippen molar-refractivity contribution in [3.05, 3.63) is 42.5 Å². The molecule has 2 heterocycles. The molecule has 1 saturated heterocycles. The lowest BCUT2D eigenvalue weighted by Gasteiger charge is -2.28. The molecule has 0 bridgehead atoms. The first-order chi connectivity index (χ1) is 9.83. The van der Waals surface area contributed by atoms with E-state index in [0.29, 0.717) is 0 Å². The van der Waals surface area contributed by atoms with Crippen LogP contribution in [0.25, 0.3) is 0 Å². The molecule has 0 unspecified atom stereocenters. The molecule has 1 fully saturated rings. The Hall–Kier alpha value is -1.97. The molecule has 0 amide bonds. The molecule has 20 heavy (non-hydrogen) atoms. The van der Waals surface area contributed by atoms with Crippen molar-refractivity contribution in [2.24, 2.45) is 7.05 Å². The number of piperidine rings is 1. The van der Waals surface area contributed by atoms with Crippen LogP contribution in [0.4, 0.5) is 11.4 Å². The highest BCUT2D eigenvalue weighted by atomic mass is 15.1. The second-order valence-electron chi connectivity index (χ2n) is 5.40. The van der Waals surface area contributed by atoms with Crippen LogP contribution < -0.4 is 10.2 Å². The largest absolute Gasteiger partial charge is 0.378 e. The van der Waals surface area contributed by atoms with Gasteiger partial charge in [0.15, 0.2) is 0 Å². The number of imidazole rings is 1. The molecule has 4 nitrogen and oxygen atoms in total. The van der Waals surface area contributed by atoms with E-state index in [2.05, 4.69) is 39.5 Å². The number of nitrogens with zero attached hydrogens (tertiary/aromatic N) is 3. The van der Waals surface area contributed by atoms with Gasteiger partial charge in [0, 0.05) is 43.9 Å². The predicted octanol–water partition coefficient (Wildman–Crippen LogP) is 3.02. The van der Waals surface area contributed by atoms with Crippen LogP contribution in [0, 0.1) is 0 Å². The quantitative estimate of drug-likeness (QED) is 0.927. The molecular formula is C16H22N4. The third-order valence-corrected chi connectivity index (χ3v) is 3.96. The Morgan fingerprint density at radius 2 is 1.85 bits per heavy atom. The molecule has 0 saturated carbocycles. The van der Waals surface area contributed by atoms with Crippen LogP contribution in [-0.4, -0.2) is 22.6 Å². The lowest BCUT2D eigenvalue weighted by Crippen LogP contribution is -2.29. The molecule has 1 aliphatic heterocycles. The van der Waals surface area contributed by atoms with Gasteiger partial charge in [-0.1, -0.05) is 0 Å². The standard InChI is InChI=1S/C16H22N4/c1-19-12-9-17-16(19)13-18-14-5-7-15(8-6-14)20-10-3-2-4-11-20/h5-9,12,18H,2-4,10-11,13H2,1H3. The SMILES string of the molecule is Cn1ccnc1CNc1ccc(N2CCCCC2)cc1. The molecule has 1 aliphatic rings. The van der Waals surface area contributed by atoms with Crippen LogP contribution in [-0.2, 0) is 13.6 Å². The lowest BCUT2D eigenvalue weighted by molar-refractivity contribution is 0.578. The summed E-state index contributed by atoms with van der Waals surface area (Å²) in [6.45, 7) is 3.15. The van der Waals surface area contributed by atoms with Gasteiger partial charge in [-0.2, -0.15) is 0 Å². The van der Waals surface area contributed by atoms with Crippen LogP contribution >= 0.6 is 0 Å². The minimum absolute atomic E-state index is 0.757. The molecule has 0 spiro atoms. The fraction of sp³-hybridized carbons (Fsp3) is 0.438. The Bertz CT molecular complexity index is 538. The van der Waals surface area contributed by atoms with Crippen LogP contribution in [0.5, 0.6) is 0 Å². The Balaban J connectivity index is 1.59. The van der Waals surface area contributed by atoms with Gasteiger partial charge in [-0.3, -0.25) is 0 Å². The van der Waals surface area contributed by atoms with E-state index in [9.17, 15) is 0 Å². The van der Waals surface area contributed by atoms with Crippen molar-refractivity contribution in [3.63, 3.8) is 0 Å². The summed E-state index contributed by atoms with van der Waals surface area (Å²) in [4.78, 5) is 6.79. The Morgan fingerprint density at radius 1 is 1.10 bits per heavy atom. The molecular weight excluding hydrogens is 248 g/mol. The predicted molar refractivity (Wildman–Crippen MR) is 83.0 cm³/mol. The van der Waals surface area contributed by atoms with E-state index >= 15 is 0 Å². The van der Waals surface area contributed by atoms with Crippen molar-refractivity contribution < 1.29 is 0 Å². The van der Waals surface area contributed by atoms with Gasteiger partial charge in [0.05, 0.1) is 6.54 Å². The van der Waals surface area contributed by atoms with Gasteiger partial charge in [0.1, 0.15) is 5.82 Å². The first-order valence-electron chi connectivity index (χ1n) is 7.38. The molecule has 1 N–H and O–H groups in total. The molecule has 2 aromatic rings. The molecule has 0 radical (unpaired) electrons.